The predicted octanol–water partition coefficient (Wildman–Crippen LogP) is 2.55. The molecule has 1 aliphatic carbocycles. The van der Waals surface area contributed by atoms with Crippen LogP contribution in [0, 0.1) is 0 Å². The molecular formula is C11H13NO. The molecule has 68 valence electrons. The zero-order valence-electron chi connectivity index (χ0n) is 7.57. The topological polar surface area (TPSA) is 30.0 Å². The number of rotatable bonds is 2. The van der Waals surface area contributed by atoms with Crippen molar-refractivity contribution < 1.29 is 4.79 Å². The van der Waals surface area contributed by atoms with Crippen LogP contribution in [-0.2, 0) is 0 Å². The number of carbonyl (C=O) groups is 1. The lowest BCUT2D eigenvalue weighted by Gasteiger charge is -2.10. The van der Waals surface area contributed by atoms with E-state index >= 15 is 0 Å². The summed E-state index contributed by atoms with van der Waals surface area (Å²) in [6, 6.07) is 3.95. The maximum atomic E-state index is 10.7. The first kappa shape index (κ1) is 8.42. The molecule has 2 rings (SSSR count). The Balaban J connectivity index is 2.31. The molecule has 0 saturated heterocycles. The van der Waals surface area contributed by atoms with Gasteiger partial charge in [0.1, 0.15) is 5.69 Å². The molecule has 0 unspecified atom stereocenters. The monoisotopic (exact) mass is 175 g/mol. The summed E-state index contributed by atoms with van der Waals surface area (Å²) >= 11 is 0. The van der Waals surface area contributed by atoms with E-state index in [4.69, 9.17) is 0 Å². The molecule has 0 spiro atoms. The van der Waals surface area contributed by atoms with Gasteiger partial charge in [-0.1, -0.05) is 18.9 Å². The predicted molar refractivity (Wildman–Crippen MR) is 50.8 cm³/mol. The zero-order valence-corrected chi connectivity index (χ0v) is 7.57. The summed E-state index contributed by atoms with van der Waals surface area (Å²) in [5, 5.41) is 0. The van der Waals surface area contributed by atoms with Crippen molar-refractivity contribution in [3.05, 3.63) is 29.6 Å². The lowest BCUT2D eigenvalue weighted by Crippen LogP contribution is -2.00. The molecule has 0 atom stereocenters. The third kappa shape index (κ3) is 1.62. The SMILES string of the molecule is O=Cc1ncccc1C1CCCC1. The van der Waals surface area contributed by atoms with Crippen LogP contribution < -0.4 is 0 Å². The molecule has 0 aliphatic heterocycles. The normalized spacial score (nSPS) is 17.5. The van der Waals surface area contributed by atoms with Crippen molar-refractivity contribution in [2.75, 3.05) is 0 Å². The highest BCUT2D eigenvalue weighted by Crippen LogP contribution is 2.34. The largest absolute Gasteiger partial charge is 0.296 e. The minimum Gasteiger partial charge on any atom is -0.296 e. The fourth-order valence-electron chi connectivity index (χ4n) is 2.11. The summed E-state index contributed by atoms with van der Waals surface area (Å²) in [6.07, 6.45) is 7.56. The lowest BCUT2D eigenvalue weighted by molar-refractivity contribution is 0.111. The Bertz CT molecular complexity index is 303. The van der Waals surface area contributed by atoms with Gasteiger partial charge in [-0.05, 0) is 30.4 Å². The van der Waals surface area contributed by atoms with E-state index in [2.05, 4.69) is 4.98 Å². The van der Waals surface area contributed by atoms with E-state index in [1.54, 1.807) is 6.20 Å². The van der Waals surface area contributed by atoms with Crippen LogP contribution >= 0.6 is 0 Å². The molecule has 0 bridgehead atoms. The summed E-state index contributed by atoms with van der Waals surface area (Å²) in [7, 11) is 0. The van der Waals surface area contributed by atoms with Crippen LogP contribution in [-0.4, -0.2) is 11.3 Å². The van der Waals surface area contributed by atoms with Crippen molar-refractivity contribution in [2.24, 2.45) is 0 Å². The van der Waals surface area contributed by atoms with Gasteiger partial charge in [-0.25, -0.2) is 0 Å². The van der Waals surface area contributed by atoms with Crippen LogP contribution in [0.15, 0.2) is 18.3 Å². The molecule has 13 heavy (non-hydrogen) atoms. The number of aromatic nitrogens is 1. The molecule has 1 fully saturated rings. The number of pyridine rings is 1. The minimum absolute atomic E-state index is 0.578. The van der Waals surface area contributed by atoms with E-state index in [9.17, 15) is 4.79 Å². The highest BCUT2D eigenvalue weighted by atomic mass is 16.1. The van der Waals surface area contributed by atoms with Crippen LogP contribution in [0.4, 0.5) is 0 Å². The minimum atomic E-state index is 0.578. The van der Waals surface area contributed by atoms with Gasteiger partial charge in [-0.2, -0.15) is 0 Å². The Morgan fingerprint density at radius 2 is 2.15 bits per heavy atom. The fraction of sp³-hybridized carbons (Fsp3) is 0.455. The van der Waals surface area contributed by atoms with Crippen molar-refractivity contribution in [3.8, 4) is 0 Å². The summed E-state index contributed by atoms with van der Waals surface area (Å²) < 4.78 is 0. The van der Waals surface area contributed by atoms with Gasteiger partial charge in [0.05, 0.1) is 0 Å². The molecule has 0 N–H and O–H groups in total. The molecule has 1 saturated carbocycles. The molecule has 2 nitrogen and oxygen atoms in total. The van der Waals surface area contributed by atoms with Crippen LogP contribution in [0.2, 0.25) is 0 Å². The molecule has 1 aromatic rings. The number of hydrogen-bond donors (Lipinski definition) is 0. The second kappa shape index (κ2) is 3.69. The van der Waals surface area contributed by atoms with Crippen LogP contribution in [0.3, 0.4) is 0 Å². The average molecular weight is 175 g/mol. The third-order valence-corrected chi connectivity index (χ3v) is 2.78. The van der Waals surface area contributed by atoms with Gasteiger partial charge in [0.2, 0.25) is 0 Å². The van der Waals surface area contributed by atoms with Crippen LogP contribution in [0.5, 0.6) is 0 Å². The number of aldehydes is 1. The van der Waals surface area contributed by atoms with Crippen LogP contribution in [0.25, 0.3) is 0 Å². The smallest absolute Gasteiger partial charge is 0.168 e. The standard InChI is InChI=1S/C11H13NO/c13-8-11-10(6-3-7-12-11)9-4-1-2-5-9/h3,6-9H,1-2,4-5H2. The highest BCUT2D eigenvalue weighted by Gasteiger charge is 2.19. The molecule has 1 aliphatic rings. The molecule has 0 radical (unpaired) electrons. The maximum absolute atomic E-state index is 10.7. The van der Waals surface area contributed by atoms with Crippen molar-refractivity contribution in [2.45, 2.75) is 31.6 Å². The number of hydrogen-bond acceptors (Lipinski definition) is 2. The van der Waals surface area contributed by atoms with Gasteiger partial charge in [-0.3, -0.25) is 9.78 Å². The van der Waals surface area contributed by atoms with Crippen molar-refractivity contribution in [1.82, 2.24) is 4.98 Å². The van der Waals surface area contributed by atoms with E-state index in [0.29, 0.717) is 11.6 Å². The Hall–Kier alpha value is -1.18. The maximum Gasteiger partial charge on any atom is 0.168 e. The quantitative estimate of drug-likeness (QED) is 0.646. The Labute approximate surface area is 78.0 Å². The summed E-state index contributed by atoms with van der Waals surface area (Å²) in [5.74, 6) is 0.578. The highest BCUT2D eigenvalue weighted by molar-refractivity contribution is 5.74. The third-order valence-electron chi connectivity index (χ3n) is 2.78. The summed E-state index contributed by atoms with van der Waals surface area (Å²) in [5.41, 5.74) is 1.78. The molecule has 0 aromatic carbocycles. The van der Waals surface area contributed by atoms with Crippen molar-refractivity contribution >= 4 is 6.29 Å². The van der Waals surface area contributed by atoms with Gasteiger partial charge >= 0.3 is 0 Å². The number of carbonyl (C=O) groups excluding carboxylic acids is 1. The molecule has 0 amide bonds. The fourth-order valence-corrected chi connectivity index (χ4v) is 2.11. The Kier molecular flexibility index (Phi) is 2.39. The summed E-state index contributed by atoms with van der Waals surface area (Å²) in [4.78, 5) is 14.8. The van der Waals surface area contributed by atoms with Gasteiger partial charge < -0.3 is 0 Å². The first-order valence-corrected chi connectivity index (χ1v) is 4.82. The second-order valence-electron chi connectivity index (χ2n) is 3.58. The lowest BCUT2D eigenvalue weighted by atomic mass is 9.96. The first-order valence-electron chi connectivity index (χ1n) is 4.82. The van der Waals surface area contributed by atoms with Gasteiger partial charge in [0, 0.05) is 6.20 Å². The zero-order chi connectivity index (χ0) is 9.10. The van der Waals surface area contributed by atoms with E-state index in [0.717, 1.165) is 11.8 Å². The molecule has 1 aromatic heterocycles. The molecule has 2 heteroatoms. The summed E-state index contributed by atoms with van der Waals surface area (Å²) in [6.45, 7) is 0. The van der Waals surface area contributed by atoms with Crippen molar-refractivity contribution in [3.63, 3.8) is 0 Å². The van der Waals surface area contributed by atoms with Gasteiger partial charge in [0.25, 0.3) is 0 Å². The van der Waals surface area contributed by atoms with Crippen molar-refractivity contribution in [1.29, 1.82) is 0 Å². The Morgan fingerprint density at radius 3 is 2.85 bits per heavy atom. The van der Waals surface area contributed by atoms with E-state index < -0.39 is 0 Å². The van der Waals surface area contributed by atoms with E-state index in [1.165, 1.54) is 25.7 Å². The Morgan fingerprint density at radius 1 is 1.38 bits per heavy atom. The number of nitrogens with zero attached hydrogens (tertiary/aromatic N) is 1. The van der Waals surface area contributed by atoms with Gasteiger partial charge in [0.15, 0.2) is 6.29 Å². The molecule has 1 heterocycles. The van der Waals surface area contributed by atoms with Crippen LogP contribution in [0.1, 0.15) is 47.7 Å². The molecular weight excluding hydrogens is 162 g/mol. The van der Waals surface area contributed by atoms with Gasteiger partial charge in [-0.15, -0.1) is 0 Å². The average Bonchev–Trinajstić information content (AvgIpc) is 2.70. The first-order chi connectivity index (χ1) is 6.42. The van der Waals surface area contributed by atoms with E-state index in [-0.39, 0.29) is 0 Å². The second-order valence-corrected chi connectivity index (χ2v) is 3.58. The van der Waals surface area contributed by atoms with E-state index in [1.807, 2.05) is 12.1 Å².